The second-order valence-electron chi connectivity index (χ2n) is 2.28. The number of fused-ring (bicyclic) bond motifs is 3. The average molecular weight is 179 g/mol. The van der Waals surface area contributed by atoms with Crippen LogP contribution in [-0.4, -0.2) is 9.97 Å². The number of hydrogen-bond acceptors (Lipinski definition) is 4. The lowest BCUT2D eigenvalue weighted by atomic mass is 10.4. The summed E-state index contributed by atoms with van der Waals surface area (Å²) in [6, 6.07) is 0. The zero-order chi connectivity index (χ0) is 7.26. The molecule has 2 nitrogen and oxygen atoms in total. The highest BCUT2D eigenvalue weighted by Gasteiger charge is 2.23. The topological polar surface area (TPSA) is 25.8 Å². The van der Waals surface area contributed by atoms with Crippen LogP contribution in [-0.2, 0) is 0 Å². The molecule has 0 N–H and O–H groups in total. The molecule has 53 valence electrons. The third-order valence-electron chi connectivity index (χ3n) is 1.67. The Bertz CT molecular complexity index is 364. The first-order chi connectivity index (χ1) is 5.45. The molecule has 0 unspecified atom stereocenters. The van der Waals surface area contributed by atoms with Crippen molar-refractivity contribution in [3.8, 4) is 9.75 Å². The maximum Gasteiger partial charge on any atom is 0.0802 e. The zero-order valence-electron chi connectivity index (χ0n) is 5.44. The van der Waals surface area contributed by atoms with Gasteiger partial charge in [0.15, 0.2) is 0 Å². The van der Waals surface area contributed by atoms with Crippen molar-refractivity contribution in [2.75, 3.05) is 0 Å². The predicted octanol–water partition coefficient (Wildman–Crippen LogP) is 2.18. The Morgan fingerprint density at radius 3 is 2.00 bits per heavy atom. The van der Waals surface area contributed by atoms with Crippen LogP contribution >= 0.6 is 22.7 Å². The SMILES string of the molecule is [CH]1c2ncsc2-c2scnc21. The standard InChI is InChI=1S/C7H3N2S2/c1-4-6(10-2-8-4)7-5(1)9-3-11-7/h1-3H. The summed E-state index contributed by atoms with van der Waals surface area (Å²) in [4.78, 5) is 11.0. The Balaban J connectivity index is 2.38. The lowest BCUT2D eigenvalue weighted by molar-refractivity contribution is 1.25. The highest BCUT2D eigenvalue weighted by atomic mass is 32.1. The molecule has 0 fully saturated rings. The van der Waals surface area contributed by atoms with Crippen molar-refractivity contribution in [2.45, 2.75) is 0 Å². The highest BCUT2D eigenvalue weighted by Crippen LogP contribution is 2.41. The molecule has 3 rings (SSSR count). The second kappa shape index (κ2) is 1.89. The molecule has 0 saturated carbocycles. The van der Waals surface area contributed by atoms with E-state index < -0.39 is 0 Å². The molecule has 2 heterocycles. The van der Waals surface area contributed by atoms with Gasteiger partial charge in [0, 0.05) is 0 Å². The highest BCUT2D eigenvalue weighted by molar-refractivity contribution is 7.20. The summed E-state index contributed by atoms with van der Waals surface area (Å²) in [7, 11) is 0. The van der Waals surface area contributed by atoms with Crippen molar-refractivity contribution < 1.29 is 0 Å². The van der Waals surface area contributed by atoms with E-state index in [4.69, 9.17) is 0 Å². The Hall–Kier alpha value is -0.740. The number of nitrogens with zero attached hydrogens (tertiary/aromatic N) is 2. The molecule has 0 aromatic carbocycles. The molecule has 0 bridgehead atoms. The maximum absolute atomic E-state index is 4.21. The van der Waals surface area contributed by atoms with E-state index in [1.54, 1.807) is 22.7 Å². The molecule has 0 aliphatic heterocycles. The molecule has 0 spiro atoms. The second-order valence-corrected chi connectivity index (χ2v) is 3.99. The molecule has 0 saturated heterocycles. The monoisotopic (exact) mass is 179 g/mol. The first kappa shape index (κ1) is 5.85. The fourth-order valence-corrected chi connectivity index (χ4v) is 2.90. The van der Waals surface area contributed by atoms with Crippen LogP contribution in [0.25, 0.3) is 9.75 Å². The lowest BCUT2D eigenvalue weighted by Gasteiger charge is -1.81. The van der Waals surface area contributed by atoms with Gasteiger partial charge in [-0.2, -0.15) is 0 Å². The number of thiazole rings is 2. The Morgan fingerprint density at radius 1 is 0.909 bits per heavy atom. The van der Waals surface area contributed by atoms with Gasteiger partial charge in [-0.05, 0) is 0 Å². The minimum atomic E-state index is 1.09. The maximum atomic E-state index is 4.21. The summed E-state index contributed by atoms with van der Waals surface area (Å²) in [5, 5.41) is 0. The van der Waals surface area contributed by atoms with E-state index in [-0.39, 0.29) is 0 Å². The summed E-state index contributed by atoms with van der Waals surface area (Å²) in [6.07, 6.45) is 2.04. The molecular formula is C7H3N2S2. The lowest BCUT2D eigenvalue weighted by Crippen LogP contribution is -1.77. The smallest absolute Gasteiger partial charge is 0.0802 e. The van der Waals surface area contributed by atoms with Crippen molar-refractivity contribution in [1.82, 2.24) is 9.97 Å². The molecule has 1 radical (unpaired) electrons. The van der Waals surface area contributed by atoms with Gasteiger partial charge in [-0.25, -0.2) is 9.97 Å². The van der Waals surface area contributed by atoms with Crippen molar-refractivity contribution in [1.29, 1.82) is 0 Å². The van der Waals surface area contributed by atoms with E-state index >= 15 is 0 Å². The van der Waals surface area contributed by atoms with Crippen molar-refractivity contribution in [3.63, 3.8) is 0 Å². The summed E-state index contributed by atoms with van der Waals surface area (Å²) in [5.41, 5.74) is 5.93. The Kier molecular flexibility index (Phi) is 1.01. The van der Waals surface area contributed by atoms with Gasteiger partial charge in [0.2, 0.25) is 0 Å². The van der Waals surface area contributed by atoms with Gasteiger partial charge in [0.05, 0.1) is 38.6 Å². The van der Waals surface area contributed by atoms with Crippen LogP contribution in [0.1, 0.15) is 11.4 Å². The van der Waals surface area contributed by atoms with Crippen LogP contribution in [0.2, 0.25) is 0 Å². The summed E-state index contributed by atoms with van der Waals surface area (Å²) < 4.78 is 0. The molecule has 0 atom stereocenters. The molecular weight excluding hydrogens is 176 g/mol. The van der Waals surface area contributed by atoms with Crippen LogP contribution in [0.4, 0.5) is 0 Å². The van der Waals surface area contributed by atoms with Crippen LogP contribution < -0.4 is 0 Å². The minimum Gasteiger partial charge on any atom is -0.248 e. The molecule has 2 aromatic rings. The van der Waals surface area contributed by atoms with Gasteiger partial charge in [-0.15, -0.1) is 22.7 Å². The van der Waals surface area contributed by atoms with Gasteiger partial charge in [-0.3, -0.25) is 0 Å². The normalized spacial score (nSPS) is 13.1. The third-order valence-corrected chi connectivity index (χ3v) is 3.52. The number of hydrogen-bond donors (Lipinski definition) is 0. The number of rotatable bonds is 0. The van der Waals surface area contributed by atoms with Gasteiger partial charge >= 0.3 is 0 Å². The minimum absolute atomic E-state index is 1.09. The molecule has 2 aromatic heterocycles. The fraction of sp³-hybridized carbons (Fsp3) is 0. The van der Waals surface area contributed by atoms with Crippen LogP contribution in [0.5, 0.6) is 0 Å². The Morgan fingerprint density at radius 2 is 1.45 bits per heavy atom. The quantitative estimate of drug-likeness (QED) is 0.528. The predicted molar refractivity (Wildman–Crippen MR) is 45.7 cm³/mol. The molecule has 0 amide bonds. The van der Waals surface area contributed by atoms with Crippen LogP contribution in [0.15, 0.2) is 11.0 Å². The molecule has 11 heavy (non-hydrogen) atoms. The van der Waals surface area contributed by atoms with Crippen molar-refractivity contribution >= 4 is 22.7 Å². The first-order valence-corrected chi connectivity index (χ1v) is 4.93. The Labute approximate surface area is 71.6 Å². The van der Waals surface area contributed by atoms with E-state index in [2.05, 4.69) is 9.97 Å². The van der Waals surface area contributed by atoms with Crippen LogP contribution in [0, 0.1) is 6.42 Å². The average Bonchev–Trinajstić information content (AvgIpc) is 2.52. The van der Waals surface area contributed by atoms with E-state index in [9.17, 15) is 0 Å². The number of aromatic nitrogens is 2. The van der Waals surface area contributed by atoms with Gasteiger partial charge in [0.1, 0.15) is 0 Å². The largest absolute Gasteiger partial charge is 0.248 e. The first-order valence-electron chi connectivity index (χ1n) is 3.17. The van der Waals surface area contributed by atoms with Gasteiger partial charge in [0.25, 0.3) is 0 Å². The van der Waals surface area contributed by atoms with Crippen molar-refractivity contribution in [2.24, 2.45) is 0 Å². The van der Waals surface area contributed by atoms with Crippen LogP contribution in [0.3, 0.4) is 0 Å². The summed E-state index contributed by atoms with van der Waals surface area (Å²) in [5.74, 6) is 0. The van der Waals surface area contributed by atoms with E-state index in [1.165, 1.54) is 9.75 Å². The summed E-state index contributed by atoms with van der Waals surface area (Å²) >= 11 is 3.37. The van der Waals surface area contributed by atoms with E-state index in [0.29, 0.717) is 0 Å². The van der Waals surface area contributed by atoms with Gasteiger partial charge in [-0.1, -0.05) is 0 Å². The fourth-order valence-electron chi connectivity index (χ4n) is 1.18. The zero-order valence-corrected chi connectivity index (χ0v) is 7.08. The molecule has 1 aliphatic rings. The van der Waals surface area contributed by atoms with Gasteiger partial charge < -0.3 is 0 Å². The van der Waals surface area contributed by atoms with Crippen molar-refractivity contribution in [3.05, 3.63) is 28.8 Å². The molecule has 4 heteroatoms. The molecule has 1 aliphatic carbocycles. The third kappa shape index (κ3) is 0.657. The summed E-state index contributed by atoms with van der Waals surface area (Å²) in [6.45, 7) is 0. The van der Waals surface area contributed by atoms with E-state index in [1.807, 2.05) is 17.4 Å². The van der Waals surface area contributed by atoms with E-state index in [0.717, 1.165) is 11.4 Å².